The summed E-state index contributed by atoms with van der Waals surface area (Å²) in [5, 5.41) is 0. The summed E-state index contributed by atoms with van der Waals surface area (Å²) in [6.45, 7) is 0. The first kappa shape index (κ1) is 7.32. The molecule has 0 aliphatic rings. The van der Waals surface area contributed by atoms with E-state index < -0.39 is 17.8 Å². The third-order valence-corrected chi connectivity index (χ3v) is 0. The first-order valence-electron chi connectivity index (χ1n) is 1.01. The van der Waals surface area contributed by atoms with E-state index in [2.05, 4.69) is 0 Å². The molecule has 0 aliphatic heterocycles. The van der Waals surface area contributed by atoms with Crippen molar-refractivity contribution < 1.29 is 35.9 Å². The monoisotopic (exact) mass is 295 g/mol. The third-order valence-electron chi connectivity index (χ3n) is 0. The zero-order chi connectivity index (χ0) is 6.41. The van der Waals surface area contributed by atoms with Crippen LogP contribution in [0.1, 0.15) is 0 Å². The van der Waals surface area contributed by atoms with Gasteiger partial charge in [-0.05, 0) is 0 Å². The van der Waals surface area contributed by atoms with Crippen LogP contribution >= 0.6 is 0 Å². The van der Waals surface area contributed by atoms with Gasteiger partial charge in [-0.15, -0.1) is 0 Å². The van der Waals surface area contributed by atoms with Crippen LogP contribution in [0.5, 0.6) is 0 Å². The summed E-state index contributed by atoms with van der Waals surface area (Å²) in [4.78, 5) is 0. The molecule has 0 saturated carbocycles. The van der Waals surface area contributed by atoms with Gasteiger partial charge >= 0.3 is 35.9 Å². The molecule has 0 saturated heterocycles. The van der Waals surface area contributed by atoms with Crippen molar-refractivity contribution >= 4 is 0 Å². The van der Waals surface area contributed by atoms with E-state index in [1.165, 1.54) is 0 Å². The molecule has 0 aliphatic carbocycles. The van der Waals surface area contributed by atoms with Crippen LogP contribution < -0.4 is 0 Å². The molecule has 7 heteroatoms. The zero-order valence-corrected chi connectivity index (χ0v) is 5.93. The Morgan fingerprint density at radius 1 is 0.571 bits per heavy atom. The van der Waals surface area contributed by atoms with Crippen LogP contribution in [-0.4, -0.2) is 0 Å². The fourth-order valence-corrected chi connectivity index (χ4v) is 0. The van der Waals surface area contributed by atoms with Gasteiger partial charge in [0, 0.05) is 0 Å². The van der Waals surface area contributed by atoms with Gasteiger partial charge in [0.1, 0.15) is 0 Å². The summed E-state index contributed by atoms with van der Waals surface area (Å²) in [5.41, 5.74) is 0. The molecule has 0 bridgehead atoms. The first-order valence-corrected chi connectivity index (χ1v) is 8.30. The molecule has 0 fully saturated rings. The van der Waals surface area contributed by atoms with Crippen LogP contribution in [-0.2, 0) is 17.8 Å². The number of hydrogen-bond donors (Lipinski definition) is 0. The van der Waals surface area contributed by atoms with Crippen molar-refractivity contribution in [3.63, 3.8) is 0 Å². The van der Waals surface area contributed by atoms with Gasteiger partial charge in [0.15, 0.2) is 0 Å². The molecule has 0 amide bonds. The van der Waals surface area contributed by atoms with Crippen LogP contribution in [0.15, 0.2) is 0 Å². The summed E-state index contributed by atoms with van der Waals surface area (Å²) in [7, 11) is 0. The van der Waals surface area contributed by atoms with Gasteiger partial charge in [-0.1, -0.05) is 0 Å². The average molecular weight is 295 g/mol. The van der Waals surface area contributed by atoms with Crippen molar-refractivity contribution in [3.8, 4) is 0 Å². The maximum absolute atomic E-state index is 11.4. The van der Waals surface area contributed by atoms with Gasteiger partial charge in [-0.2, -0.15) is 0 Å². The van der Waals surface area contributed by atoms with Gasteiger partial charge in [0.05, 0.1) is 0 Å². The molecular weight excluding hydrogens is 295 g/mol. The summed E-state index contributed by atoms with van der Waals surface area (Å²) in [5.74, 6) is 0. The van der Waals surface area contributed by atoms with Crippen LogP contribution in [0.25, 0.3) is 0 Å². The fraction of sp³-hybridized carbons (Fsp3) is 0. The molecule has 47 valence electrons. The molecular formula is F6Ta. The van der Waals surface area contributed by atoms with Gasteiger partial charge in [-0.3, -0.25) is 0 Å². The van der Waals surface area contributed by atoms with Gasteiger partial charge in [0.2, 0.25) is 0 Å². The van der Waals surface area contributed by atoms with Crippen molar-refractivity contribution in [2.75, 3.05) is 0 Å². The predicted octanol–water partition coefficient (Wildman–Crippen LogP) is 2.52. The SMILES string of the molecule is [F][Ta]([F])([F])([F])([F])[F]. The first-order chi connectivity index (χ1) is 2.45. The van der Waals surface area contributed by atoms with Crippen molar-refractivity contribution in [1.29, 1.82) is 0 Å². The predicted molar refractivity (Wildman–Crippen MR) is 6.65 cm³/mol. The Hall–Kier alpha value is 0.320. The van der Waals surface area contributed by atoms with E-state index in [0.29, 0.717) is 0 Å². The average Bonchev–Trinajstić information content (AvgIpc) is 0.592. The van der Waals surface area contributed by atoms with Gasteiger partial charge < -0.3 is 0 Å². The van der Waals surface area contributed by atoms with Crippen molar-refractivity contribution in [2.45, 2.75) is 0 Å². The van der Waals surface area contributed by atoms with Gasteiger partial charge in [-0.25, -0.2) is 0 Å². The Morgan fingerprint density at radius 2 is 0.571 bits per heavy atom. The van der Waals surface area contributed by atoms with Crippen molar-refractivity contribution in [3.05, 3.63) is 0 Å². The Bertz CT molecular complexity index is 62.7. The molecule has 0 spiro atoms. The van der Waals surface area contributed by atoms with E-state index in [1.807, 2.05) is 0 Å². The second-order valence-electron chi connectivity index (χ2n) is 0.958. The topological polar surface area (TPSA) is 0 Å². The molecule has 0 atom stereocenters. The summed E-state index contributed by atoms with van der Waals surface area (Å²) in [6.07, 6.45) is 0. The normalized spacial score (nSPS) is 23.1. The molecule has 0 radical (unpaired) electrons. The zero-order valence-electron chi connectivity index (χ0n) is 2.72. The third kappa shape index (κ3) is 1150. The second-order valence-corrected chi connectivity index (χ2v) is 7.84. The minimum absolute atomic E-state index is 9.94. The standard InChI is InChI=1S/6FH.Ta/h6*1H;/q;;;;;;+6/p-6. The molecule has 0 nitrogen and oxygen atoms in total. The van der Waals surface area contributed by atoms with Gasteiger partial charge in [0.25, 0.3) is 0 Å². The number of hydrogen-bond acceptors (Lipinski definition) is 0. The molecule has 0 aromatic heterocycles. The molecule has 0 unspecified atom stereocenters. The van der Waals surface area contributed by atoms with Crippen LogP contribution in [0.2, 0.25) is 0 Å². The van der Waals surface area contributed by atoms with E-state index in [1.54, 1.807) is 0 Å². The number of halogens is 6. The maximum atomic E-state index is 9.94. The molecule has 0 N–H and O–H groups in total. The van der Waals surface area contributed by atoms with E-state index in [-0.39, 0.29) is 0 Å². The van der Waals surface area contributed by atoms with Crippen LogP contribution in [0.4, 0.5) is 18.1 Å². The fourth-order valence-electron chi connectivity index (χ4n) is 0. The Morgan fingerprint density at radius 3 is 0.571 bits per heavy atom. The Kier molecular flexibility index (Phi) is 0.797. The van der Waals surface area contributed by atoms with E-state index in [9.17, 15) is 18.1 Å². The van der Waals surface area contributed by atoms with E-state index in [4.69, 9.17) is 0 Å². The Labute approximate surface area is 36.7 Å². The van der Waals surface area contributed by atoms with Crippen LogP contribution in [0.3, 0.4) is 0 Å². The second kappa shape index (κ2) is 0.762. The van der Waals surface area contributed by atoms with E-state index in [0.717, 1.165) is 0 Å². The summed E-state index contributed by atoms with van der Waals surface area (Å²) < 4.78 is 59.6. The molecule has 0 rings (SSSR count). The molecule has 0 heterocycles. The van der Waals surface area contributed by atoms with Crippen molar-refractivity contribution in [1.82, 2.24) is 0 Å². The molecule has 0 aromatic carbocycles. The van der Waals surface area contributed by atoms with E-state index >= 15 is 0 Å². The summed E-state index contributed by atoms with van der Waals surface area (Å²) >= 11 is -11.4. The Balaban J connectivity index is 4.43. The number of rotatable bonds is 0. The van der Waals surface area contributed by atoms with Crippen LogP contribution in [0, 0.1) is 0 Å². The minimum atomic E-state index is -11.4. The van der Waals surface area contributed by atoms with Crippen molar-refractivity contribution in [2.24, 2.45) is 0 Å². The molecule has 7 heavy (non-hydrogen) atoms. The molecule has 0 aromatic rings. The quantitative estimate of drug-likeness (QED) is 0.602. The summed E-state index contributed by atoms with van der Waals surface area (Å²) in [6, 6.07) is 0.